The molecule has 2 fully saturated rings. The van der Waals surface area contributed by atoms with Gasteiger partial charge < -0.3 is 25.2 Å². The highest BCUT2D eigenvalue weighted by Gasteiger charge is 2.38. The van der Waals surface area contributed by atoms with Gasteiger partial charge in [0.25, 0.3) is 0 Å². The van der Waals surface area contributed by atoms with Gasteiger partial charge in [-0.1, -0.05) is 36.4 Å². The lowest BCUT2D eigenvalue weighted by atomic mass is 10.1. The third kappa shape index (κ3) is 9.38. The first-order chi connectivity index (χ1) is 20.7. The summed E-state index contributed by atoms with van der Waals surface area (Å²) in [5, 5.41) is 16.4. The third-order valence-electron chi connectivity index (χ3n) is 7.35. The van der Waals surface area contributed by atoms with Crippen LogP contribution in [0.2, 0.25) is 0 Å². The van der Waals surface area contributed by atoms with Gasteiger partial charge in [-0.05, 0) is 103 Å². The lowest BCUT2D eigenvalue weighted by molar-refractivity contribution is -0.240. The van der Waals surface area contributed by atoms with Crippen LogP contribution in [0.1, 0.15) is 78.4 Å². The zero-order valence-corrected chi connectivity index (χ0v) is 26.6. The Labute approximate surface area is 260 Å². The first-order valence-corrected chi connectivity index (χ1v) is 15.3. The summed E-state index contributed by atoms with van der Waals surface area (Å²) in [6, 6.07) is 14.0. The maximum atomic E-state index is 13.0. The van der Waals surface area contributed by atoms with Gasteiger partial charge in [0.15, 0.2) is 0 Å². The van der Waals surface area contributed by atoms with Gasteiger partial charge in [-0.15, -0.1) is 0 Å². The standard InChI is InChI=1S/C34H46N4O6/c1-33(2,3)43-31(41)37-21-7-9-27(37)29(39)35-25-17-13-23(14-18-25)11-12-24-15-19-26(20-16-24)36-30(40)28-10-8-22-38(28)32(42)44-34(4,5)6/h11-20,27-28,31,41H,7-10,21-22H2,1-6H3,(H,35,39)(H,36,40)/b12-11+/t27-,28-,31?/m0/s1. The van der Waals surface area contributed by atoms with Gasteiger partial charge in [-0.3, -0.25) is 14.5 Å². The summed E-state index contributed by atoms with van der Waals surface area (Å²) in [5.74, 6) is -0.390. The molecular formula is C34H46N4O6. The quantitative estimate of drug-likeness (QED) is 0.261. The Morgan fingerprint density at radius 1 is 0.773 bits per heavy atom. The highest BCUT2D eigenvalue weighted by atomic mass is 16.6. The van der Waals surface area contributed by atoms with Crippen molar-refractivity contribution in [1.29, 1.82) is 0 Å². The molecule has 2 aromatic carbocycles. The summed E-state index contributed by atoms with van der Waals surface area (Å²) in [5.41, 5.74) is 2.10. The van der Waals surface area contributed by atoms with Crippen molar-refractivity contribution in [2.75, 3.05) is 23.7 Å². The number of aliphatic hydroxyl groups excluding tert-OH is 1. The number of anilines is 2. The van der Waals surface area contributed by atoms with Crippen LogP contribution in [-0.2, 0) is 19.1 Å². The first-order valence-electron chi connectivity index (χ1n) is 15.3. The van der Waals surface area contributed by atoms with Crippen LogP contribution in [0, 0.1) is 0 Å². The van der Waals surface area contributed by atoms with Crippen molar-refractivity contribution in [3.05, 3.63) is 59.7 Å². The molecule has 0 aromatic heterocycles. The molecule has 0 radical (unpaired) electrons. The lowest BCUT2D eigenvalue weighted by Gasteiger charge is -2.32. The summed E-state index contributed by atoms with van der Waals surface area (Å²) >= 11 is 0. The fourth-order valence-electron chi connectivity index (χ4n) is 5.30. The second kappa shape index (κ2) is 13.9. The van der Waals surface area contributed by atoms with Crippen molar-refractivity contribution in [2.45, 2.75) is 96.9 Å². The van der Waals surface area contributed by atoms with E-state index in [0.29, 0.717) is 37.3 Å². The predicted molar refractivity (Wildman–Crippen MR) is 172 cm³/mol. The molecule has 2 aliphatic rings. The summed E-state index contributed by atoms with van der Waals surface area (Å²) < 4.78 is 11.1. The van der Waals surface area contributed by atoms with E-state index in [2.05, 4.69) is 10.6 Å². The van der Waals surface area contributed by atoms with E-state index in [1.165, 1.54) is 4.90 Å². The number of benzene rings is 2. The molecule has 44 heavy (non-hydrogen) atoms. The van der Waals surface area contributed by atoms with Crippen LogP contribution in [0.3, 0.4) is 0 Å². The van der Waals surface area contributed by atoms with Crippen molar-refractivity contribution < 1.29 is 29.0 Å². The Morgan fingerprint density at radius 3 is 1.75 bits per heavy atom. The molecule has 1 unspecified atom stereocenters. The number of nitrogens with one attached hydrogen (secondary N) is 2. The van der Waals surface area contributed by atoms with Crippen LogP contribution in [0.4, 0.5) is 16.2 Å². The smallest absolute Gasteiger partial charge is 0.410 e. The minimum Gasteiger partial charge on any atom is -0.444 e. The van der Waals surface area contributed by atoms with Crippen LogP contribution < -0.4 is 10.6 Å². The molecule has 2 saturated heterocycles. The third-order valence-corrected chi connectivity index (χ3v) is 7.35. The van der Waals surface area contributed by atoms with E-state index < -0.39 is 35.8 Å². The highest BCUT2D eigenvalue weighted by Crippen LogP contribution is 2.25. The van der Waals surface area contributed by atoms with E-state index in [-0.39, 0.29) is 11.8 Å². The van der Waals surface area contributed by atoms with Gasteiger partial charge in [-0.2, -0.15) is 0 Å². The number of nitrogens with zero attached hydrogens (tertiary/aromatic N) is 2. The number of likely N-dealkylation sites (tertiary alicyclic amines) is 2. The van der Waals surface area contributed by atoms with E-state index in [1.807, 2.05) is 102 Å². The van der Waals surface area contributed by atoms with Crippen molar-refractivity contribution >= 4 is 41.4 Å². The summed E-state index contributed by atoms with van der Waals surface area (Å²) in [6.07, 6.45) is 5.16. The summed E-state index contributed by atoms with van der Waals surface area (Å²) in [7, 11) is 0. The molecule has 238 valence electrons. The van der Waals surface area contributed by atoms with Crippen LogP contribution in [-0.4, -0.2) is 75.6 Å². The van der Waals surface area contributed by atoms with E-state index in [9.17, 15) is 19.5 Å². The van der Waals surface area contributed by atoms with Crippen molar-refractivity contribution in [3.8, 4) is 0 Å². The van der Waals surface area contributed by atoms with Crippen molar-refractivity contribution in [1.82, 2.24) is 9.80 Å². The van der Waals surface area contributed by atoms with E-state index in [1.54, 1.807) is 4.90 Å². The number of rotatable bonds is 8. The molecule has 10 nitrogen and oxygen atoms in total. The van der Waals surface area contributed by atoms with Crippen molar-refractivity contribution in [2.24, 2.45) is 0 Å². The fourth-order valence-corrected chi connectivity index (χ4v) is 5.30. The zero-order valence-electron chi connectivity index (χ0n) is 26.6. The molecule has 4 rings (SSSR count). The largest absolute Gasteiger partial charge is 0.444 e. The van der Waals surface area contributed by atoms with E-state index in [4.69, 9.17) is 9.47 Å². The number of hydrogen-bond acceptors (Lipinski definition) is 7. The lowest BCUT2D eigenvalue weighted by Crippen LogP contribution is -2.48. The molecule has 2 aliphatic heterocycles. The molecule has 3 atom stereocenters. The van der Waals surface area contributed by atoms with Crippen LogP contribution >= 0.6 is 0 Å². The Kier molecular flexibility index (Phi) is 10.5. The Morgan fingerprint density at radius 2 is 1.25 bits per heavy atom. The van der Waals surface area contributed by atoms with E-state index >= 15 is 0 Å². The number of hydrogen-bond donors (Lipinski definition) is 3. The Hall–Kier alpha value is -3.73. The SMILES string of the molecule is CC(C)(C)OC(=O)N1CCC[C@H]1C(=O)Nc1ccc(/C=C/c2ccc(NC(=O)[C@@H]3CCCN3C(O)OC(C)(C)C)cc2)cc1. The van der Waals surface area contributed by atoms with Gasteiger partial charge in [0.05, 0.1) is 11.6 Å². The number of amides is 3. The second-order valence-electron chi connectivity index (χ2n) is 13.3. The zero-order chi connectivity index (χ0) is 32.1. The molecule has 0 spiro atoms. The van der Waals surface area contributed by atoms with Crippen LogP contribution in [0.5, 0.6) is 0 Å². The van der Waals surface area contributed by atoms with Gasteiger partial charge in [0, 0.05) is 24.5 Å². The number of carbonyl (C=O) groups is 3. The van der Waals surface area contributed by atoms with Gasteiger partial charge >= 0.3 is 6.09 Å². The molecule has 0 saturated carbocycles. The molecule has 0 bridgehead atoms. The summed E-state index contributed by atoms with van der Waals surface area (Å²) in [6.45, 7) is 12.1. The minimum atomic E-state index is -1.13. The average molecular weight is 607 g/mol. The number of ether oxygens (including phenoxy) is 2. The number of carbonyl (C=O) groups excluding carboxylic acids is 3. The van der Waals surface area contributed by atoms with Gasteiger partial charge in [0.2, 0.25) is 18.2 Å². The molecule has 2 aromatic rings. The predicted octanol–water partition coefficient (Wildman–Crippen LogP) is 5.69. The topological polar surface area (TPSA) is 120 Å². The highest BCUT2D eigenvalue weighted by molar-refractivity contribution is 5.97. The molecule has 2 heterocycles. The molecule has 3 N–H and O–H groups in total. The normalized spacial score (nSPS) is 20.1. The van der Waals surface area contributed by atoms with Crippen LogP contribution in [0.25, 0.3) is 12.2 Å². The molecule has 0 aliphatic carbocycles. The van der Waals surface area contributed by atoms with Crippen molar-refractivity contribution in [3.63, 3.8) is 0 Å². The first kappa shape index (κ1) is 33.2. The Bertz CT molecular complexity index is 1330. The molecule has 10 heteroatoms. The average Bonchev–Trinajstić information content (AvgIpc) is 3.62. The minimum absolute atomic E-state index is 0.167. The van der Waals surface area contributed by atoms with Gasteiger partial charge in [-0.25, -0.2) is 9.69 Å². The van der Waals surface area contributed by atoms with Gasteiger partial charge in [0.1, 0.15) is 11.6 Å². The van der Waals surface area contributed by atoms with Crippen LogP contribution in [0.15, 0.2) is 48.5 Å². The maximum Gasteiger partial charge on any atom is 0.410 e. The number of aliphatic hydroxyl groups is 1. The maximum absolute atomic E-state index is 13.0. The van der Waals surface area contributed by atoms with E-state index in [0.717, 1.165) is 24.0 Å². The monoisotopic (exact) mass is 606 g/mol. The second-order valence-corrected chi connectivity index (χ2v) is 13.3. The fraction of sp³-hybridized carbons (Fsp3) is 0.500. The Balaban J connectivity index is 1.28. The molecule has 3 amide bonds. The summed E-state index contributed by atoms with van der Waals surface area (Å²) in [4.78, 5) is 41.6. The molecular weight excluding hydrogens is 560 g/mol.